The Balaban J connectivity index is 1.61. The molecule has 3 rings (SSSR count). The summed E-state index contributed by atoms with van der Waals surface area (Å²) in [5.41, 5.74) is 3.94. The quantitative estimate of drug-likeness (QED) is 0.801. The Labute approximate surface area is 147 Å². The minimum Gasteiger partial charge on any atom is -0.332 e. The number of carbonyl (C=O) groups excluding carboxylic acids is 2. The second-order valence-electron chi connectivity index (χ2n) is 6.31. The lowest BCUT2D eigenvalue weighted by Gasteiger charge is -2.21. The van der Waals surface area contributed by atoms with E-state index in [2.05, 4.69) is 20.9 Å². The topological polar surface area (TPSA) is 83.1 Å². The summed E-state index contributed by atoms with van der Waals surface area (Å²) in [7, 11) is 0. The molecule has 0 saturated carbocycles. The largest absolute Gasteiger partial charge is 0.332 e. The fourth-order valence-corrected chi connectivity index (χ4v) is 2.91. The van der Waals surface area contributed by atoms with E-state index in [-0.39, 0.29) is 24.0 Å². The minimum atomic E-state index is -0.227. The van der Waals surface area contributed by atoms with Gasteiger partial charge in [-0.25, -0.2) is 4.79 Å². The lowest BCUT2D eigenvalue weighted by Crippen LogP contribution is -2.38. The normalized spacial score (nSPS) is 15.5. The van der Waals surface area contributed by atoms with E-state index in [9.17, 15) is 9.59 Å². The van der Waals surface area contributed by atoms with Gasteiger partial charge in [-0.1, -0.05) is 18.2 Å². The highest BCUT2D eigenvalue weighted by atomic mass is 16.2. The van der Waals surface area contributed by atoms with E-state index in [1.807, 2.05) is 44.2 Å². The van der Waals surface area contributed by atoms with E-state index in [1.54, 1.807) is 12.4 Å². The van der Waals surface area contributed by atoms with Crippen LogP contribution in [0.3, 0.4) is 0 Å². The van der Waals surface area contributed by atoms with Crippen LogP contribution in [0.5, 0.6) is 0 Å². The Morgan fingerprint density at radius 2 is 1.88 bits per heavy atom. The maximum absolute atomic E-state index is 12.2. The predicted molar refractivity (Wildman–Crippen MR) is 96.1 cm³/mol. The Morgan fingerprint density at radius 3 is 2.60 bits per heavy atom. The van der Waals surface area contributed by atoms with Crippen molar-refractivity contribution in [3.05, 3.63) is 59.4 Å². The summed E-state index contributed by atoms with van der Waals surface area (Å²) < 4.78 is 0. The number of aryl methyl sites for hydroxylation is 1. The SMILES string of the molecule is C[C@H](NC(=O)N[C@@H](C)c1ccc2c(c1)CCC(=O)N2)c1cccnc1. The molecule has 1 aliphatic heterocycles. The molecule has 3 amide bonds. The first-order valence-electron chi connectivity index (χ1n) is 8.42. The van der Waals surface area contributed by atoms with E-state index < -0.39 is 0 Å². The van der Waals surface area contributed by atoms with Gasteiger partial charge in [0.25, 0.3) is 0 Å². The van der Waals surface area contributed by atoms with Gasteiger partial charge in [-0.05, 0) is 49.1 Å². The third-order valence-corrected chi connectivity index (χ3v) is 4.40. The van der Waals surface area contributed by atoms with Crippen LogP contribution in [0.15, 0.2) is 42.7 Å². The van der Waals surface area contributed by atoms with Crippen LogP contribution in [-0.4, -0.2) is 16.9 Å². The van der Waals surface area contributed by atoms with E-state index in [4.69, 9.17) is 0 Å². The average molecular weight is 338 g/mol. The van der Waals surface area contributed by atoms with Crippen molar-refractivity contribution in [1.82, 2.24) is 15.6 Å². The summed E-state index contributed by atoms with van der Waals surface area (Å²) in [5, 5.41) is 8.74. The fourth-order valence-electron chi connectivity index (χ4n) is 2.91. The average Bonchev–Trinajstić information content (AvgIpc) is 2.61. The fraction of sp³-hybridized carbons (Fsp3) is 0.316. The molecule has 0 radical (unpaired) electrons. The van der Waals surface area contributed by atoms with Gasteiger partial charge in [-0.3, -0.25) is 9.78 Å². The van der Waals surface area contributed by atoms with Crippen LogP contribution in [0, 0.1) is 0 Å². The van der Waals surface area contributed by atoms with Crippen molar-refractivity contribution in [3.8, 4) is 0 Å². The minimum absolute atomic E-state index is 0.0511. The lowest BCUT2D eigenvalue weighted by atomic mass is 9.98. The molecule has 2 aromatic rings. The molecule has 130 valence electrons. The highest BCUT2D eigenvalue weighted by Crippen LogP contribution is 2.26. The van der Waals surface area contributed by atoms with Crippen LogP contribution < -0.4 is 16.0 Å². The number of rotatable bonds is 4. The van der Waals surface area contributed by atoms with E-state index >= 15 is 0 Å². The zero-order chi connectivity index (χ0) is 17.8. The molecule has 3 N–H and O–H groups in total. The van der Waals surface area contributed by atoms with Crippen molar-refractivity contribution in [3.63, 3.8) is 0 Å². The lowest BCUT2D eigenvalue weighted by molar-refractivity contribution is -0.116. The summed E-state index contributed by atoms with van der Waals surface area (Å²) in [6.07, 6.45) is 4.68. The molecule has 1 aliphatic rings. The molecular weight excluding hydrogens is 316 g/mol. The van der Waals surface area contributed by atoms with Gasteiger partial charge in [0.05, 0.1) is 12.1 Å². The van der Waals surface area contributed by atoms with Crippen molar-refractivity contribution in [2.45, 2.75) is 38.8 Å². The molecule has 0 saturated heterocycles. The molecule has 6 nitrogen and oxygen atoms in total. The second-order valence-corrected chi connectivity index (χ2v) is 6.31. The predicted octanol–water partition coefficient (Wildman–Crippen LogP) is 3.09. The van der Waals surface area contributed by atoms with Gasteiger partial charge in [0.2, 0.25) is 5.91 Å². The van der Waals surface area contributed by atoms with Crippen molar-refractivity contribution in [2.75, 3.05) is 5.32 Å². The van der Waals surface area contributed by atoms with Crippen LogP contribution in [0.4, 0.5) is 10.5 Å². The van der Waals surface area contributed by atoms with Crippen molar-refractivity contribution >= 4 is 17.6 Å². The van der Waals surface area contributed by atoms with E-state index in [0.29, 0.717) is 6.42 Å². The monoisotopic (exact) mass is 338 g/mol. The number of pyridine rings is 1. The molecule has 25 heavy (non-hydrogen) atoms. The highest BCUT2D eigenvalue weighted by Gasteiger charge is 2.17. The first-order chi connectivity index (χ1) is 12.0. The van der Waals surface area contributed by atoms with Crippen molar-refractivity contribution in [1.29, 1.82) is 0 Å². The van der Waals surface area contributed by atoms with Crippen molar-refractivity contribution in [2.24, 2.45) is 0 Å². The van der Waals surface area contributed by atoms with Crippen LogP contribution in [0.25, 0.3) is 0 Å². The number of anilines is 1. The van der Waals surface area contributed by atoms with E-state index in [0.717, 1.165) is 28.8 Å². The molecule has 0 aliphatic carbocycles. The number of aromatic nitrogens is 1. The molecule has 0 unspecified atom stereocenters. The zero-order valence-electron chi connectivity index (χ0n) is 14.4. The second kappa shape index (κ2) is 7.34. The number of amides is 3. The Kier molecular flexibility index (Phi) is 4.97. The van der Waals surface area contributed by atoms with Crippen LogP contribution in [-0.2, 0) is 11.2 Å². The van der Waals surface area contributed by atoms with Gasteiger partial charge in [0, 0.05) is 24.5 Å². The molecule has 0 spiro atoms. The van der Waals surface area contributed by atoms with Gasteiger partial charge in [-0.2, -0.15) is 0 Å². The maximum Gasteiger partial charge on any atom is 0.315 e. The maximum atomic E-state index is 12.2. The number of hydrogen-bond acceptors (Lipinski definition) is 3. The first kappa shape index (κ1) is 17.0. The summed E-state index contributed by atoms with van der Waals surface area (Å²) >= 11 is 0. The van der Waals surface area contributed by atoms with Gasteiger partial charge in [0.15, 0.2) is 0 Å². The number of nitrogens with zero attached hydrogens (tertiary/aromatic N) is 1. The number of urea groups is 1. The van der Waals surface area contributed by atoms with Gasteiger partial charge >= 0.3 is 6.03 Å². The summed E-state index contributed by atoms with van der Waals surface area (Å²) in [6.45, 7) is 3.86. The first-order valence-corrected chi connectivity index (χ1v) is 8.42. The van der Waals surface area contributed by atoms with Gasteiger partial charge in [-0.15, -0.1) is 0 Å². The van der Waals surface area contributed by atoms with Gasteiger partial charge < -0.3 is 16.0 Å². The molecule has 6 heteroatoms. The van der Waals surface area contributed by atoms with Gasteiger partial charge in [0.1, 0.15) is 0 Å². The summed E-state index contributed by atoms with van der Waals surface area (Å²) in [4.78, 5) is 27.7. The summed E-state index contributed by atoms with van der Waals surface area (Å²) in [6, 6.07) is 9.16. The molecular formula is C19H22N4O2. The van der Waals surface area contributed by atoms with Crippen LogP contribution in [0.2, 0.25) is 0 Å². The molecule has 1 aromatic carbocycles. The Morgan fingerprint density at radius 1 is 1.12 bits per heavy atom. The Hall–Kier alpha value is -2.89. The molecule has 2 heterocycles. The van der Waals surface area contributed by atoms with Crippen molar-refractivity contribution < 1.29 is 9.59 Å². The molecule has 2 atom stereocenters. The summed E-state index contributed by atoms with van der Waals surface area (Å²) in [5.74, 6) is 0.0511. The standard InChI is InChI=1S/C19H22N4O2/c1-12(14-5-7-17-15(10-14)6-8-18(24)23-17)21-19(25)22-13(2)16-4-3-9-20-11-16/h3-5,7,9-13H,6,8H2,1-2H3,(H,23,24)(H2,21,22,25)/t12-,13-/m0/s1. The molecule has 1 aromatic heterocycles. The third kappa shape index (κ3) is 4.15. The zero-order valence-corrected chi connectivity index (χ0v) is 14.4. The smallest absolute Gasteiger partial charge is 0.315 e. The van der Waals surface area contributed by atoms with Crippen LogP contribution in [0.1, 0.15) is 49.0 Å². The molecule has 0 bridgehead atoms. The highest BCUT2D eigenvalue weighted by molar-refractivity contribution is 5.93. The number of hydrogen-bond donors (Lipinski definition) is 3. The van der Waals surface area contributed by atoms with Crippen LogP contribution >= 0.6 is 0 Å². The Bertz CT molecular complexity index is 776. The van der Waals surface area contributed by atoms with E-state index in [1.165, 1.54) is 0 Å². The third-order valence-electron chi connectivity index (χ3n) is 4.40. The number of fused-ring (bicyclic) bond motifs is 1. The molecule has 0 fully saturated rings. The number of benzene rings is 1. The number of carbonyl (C=O) groups is 2. The number of nitrogens with one attached hydrogen (secondary N) is 3.